The van der Waals surface area contributed by atoms with Crippen LogP contribution in [0.3, 0.4) is 0 Å². The van der Waals surface area contributed by atoms with Crippen LogP contribution in [0.1, 0.15) is 22.3 Å². The molecule has 0 saturated heterocycles. The van der Waals surface area contributed by atoms with Crippen molar-refractivity contribution < 1.29 is 0 Å². The molecule has 2 aromatic heterocycles. The van der Waals surface area contributed by atoms with Crippen molar-refractivity contribution in [3.63, 3.8) is 0 Å². The first-order chi connectivity index (χ1) is 17.3. The second kappa shape index (κ2) is 6.20. The topological polar surface area (TPSA) is 4.41 Å². The Morgan fingerprint density at radius 1 is 0.400 bits per heavy atom. The Morgan fingerprint density at radius 3 is 1.69 bits per heavy atom. The van der Waals surface area contributed by atoms with E-state index in [0.717, 1.165) is 12.8 Å². The highest BCUT2D eigenvalue weighted by Gasteiger charge is 2.24. The number of pyridine rings is 1. The maximum Gasteiger partial charge on any atom is 0.0547 e. The quantitative estimate of drug-likeness (QED) is 0.207. The molecular formula is C34H21N. The predicted octanol–water partition coefficient (Wildman–Crippen LogP) is 8.54. The van der Waals surface area contributed by atoms with Gasteiger partial charge in [-0.25, -0.2) is 0 Å². The molecule has 0 N–H and O–H groups in total. The van der Waals surface area contributed by atoms with E-state index in [2.05, 4.69) is 108 Å². The van der Waals surface area contributed by atoms with Gasteiger partial charge in [0.25, 0.3) is 0 Å². The number of fused-ring (bicyclic) bond motifs is 14. The zero-order chi connectivity index (χ0) is 22.7. The molecule has 0 unspecified atom stereocenters. The number of hydrogen-bond donors (Lipinski definition) is 0. The highest BCUT2D eigenvalue weighted by atomic mass is 14.9. The molecule has 0 saturated carbocycles. The van der Waals surface area contributed by atoms with Crippen molar-refractivity contribution in [2.45, 2.75) is 12.8 Å². The minimum Gasteiger partial charge on any atom is -0.309 e. The SMILES string of the molecule is c1ccc2c(c1)Cc1cc3c(cc1-2)c1cc2c(cc1n1c4ccccc4cc31)-c1ccccc1C2. The molecule has 0 atom stereocenters. The summed E-state index contributed by atoms with van der Waals surface area (Å²) in [4.78, 5) is 0. The Balaban J connectivity index is 1.50. The van der Waals surface area contributed by atoms with Crippen molar-refractivity contribution >= 4 is 38.1 Å². The fraction of sp³-hybridized carbons (Fsp3) is 0.0588. The summed E-state index contributed by atoms with van der Waals surface area (Å²) in [7, 11) is 0. The van der Waals surface area contributed by atoms with Gasteiger partial charge in [0.05, 0.1) is 16.6 Å². The standard InChI is InChI=1S/C34H21N/c1-4-10-25-20(7-1)13-23-15-30-29(18-27(23)25)31-16-24-14-21-8-2-5-11-26(21)28(24)19-34(31)35-32-12-6-3-9-22(32)17-33(30)35/h1-12,15-19H,13-14H2. The van der Waals surface area contributed by atoms with Gasteiger partial charge in [-0.3, -0.25) is 0 Å². The molecule has 0 aliphatic heterocycles. The van der Waals surface area contributed by atoms with Gasteiger partial charge < -0.3 is 4.40 Å². The molecule has 2 aliphatic carbocycles. The van der Waals surface area contributed by atoms with Crippen LogP contribution in [0.25, 0.3) is 60.3 Å². The van der Waals surface area contributed by atoms with Gasteiger partial charge in [-0.05, 0) is 99.1 Å². The van der Waals surface area contributed by atoms with Crippen LogP contribution >= 0.6 is 0 Å². The lowest BCUT2D eigenvalue weighted by Crippen LogP contribution is -1.94. The Labute approximate surface area is 202 Å². The number of nitrogens with zero attached hydrogens (tertiary/aromatic N) is 1. The predicted molar refractivity (Wildman–Crippen MR) is 146 cm³/mol. The molecule has 35 heavy (non-hydrogen) atoms. The van der Waals surface area contributed by atoms with E-state index in [0.29, 0.717) is 0 Å². The van der Waals surface area contributed by atoms with E-state index >= 15 is 0 Å². The van der Waals surface area contributed by atoms with Crippen LogP contribution in [0.4, 0.5) is 0 Å². The normalized spacial score (nSPS) is 13.5. The summed E-state index contributed by atoms with van der Waals surface area (Å²) < 4.78 is 2.50. The van der Waals surface area contributed by atoms with Crippen molar-refractivity contribution in [3.8, 4) is 22.3 Å². The van der Waals surface area contributed by atoms with Crippen LogP contribution in [0, 0.1) is 0 Å². The average Bonchev–Trinajstić information content (AvgIpc) is 3.57. The van der Waals surface area contributed by atoms with Crippen LogP contribution < -0.4 is 0 Å². The highest BCUT2D eigenvalue weighted by molar-refractivity contribution is 6.18. The maximum absolute atomic E-state index is 2.50. The van der Waals surface area contributed by atoms with Crippen molar-refractivity contribution in [2.75, 3.05) is 0 Å². The third-order valence-electron chi connectivity index (χ3n) is 8.36. The number of aromatic nitrogens is 1. The van der Waals surface area contributed by atoms with Gasteiger partial charge in [0.15, 0.2) is 0 Å². The Bertz CT molecular complexity index is 2050. The summed E-state index contributed by atoms with van der Waals surface area (Å²) in [6.07, 6.45) is 2.03. The zero-order valence-electron chi connectivity index (χ0n) is 19.2. The van der Waals surface area contributed by atoms with E-state index < -0.39 is 0 Å². The van der Waals surface area contributed by atoms with Crippen molar-refractivity contribution in [1.82, 2.24) is 4.40 Å². The summed E-state index contributed by atoms with van der Waals surface area (Å²) in [6.45, 7) is 0. The number of rotatable bonds is 0. The fourth-order valence-electron chi connectivity index (χ4n) is 6.80. The molecule has 1 nitrogen and oxygen atoms in total. The van der Waals surface area contributed by atoms with E-state index in [9.17, 15) is 0 Å². The van der Waals surface area contributed by atoms with Crippen LogP contribution in [0.5, 0.6) is 0 Å². The molecule has 0 bridgehead atoms. The van der Waals surface area contributed by atoms with E-state index in [4.69, 9.17) is 0 Å². The second-order valence-corrected chi connectivity index (χ2v) is 10.2. The van der Waals surface area contributed by atoms with E-state index in [1.54, 1.807) is 0 Å². The summed E-state index contributed by atoms with van der Waals surface area (Å²) in [5.74, 6) is 0. The first-order valence-electron chi connectivity index (χ1n) is 12.5. The smallest absolute Gasteiger partial charge is 0.0547 e. The number of benzene rings is 5. The molecule has 0 spiro atoms. The van der Waals surface area contributed by atoms with Crippen LogP contribution in [0.15, 0.2) is 103 Å². The molecule has 0 fully saturated rings. The van der Waals surface area contributed by atoms with Gasteiger partial charge in [-0.1, -0.05) is 66.7 Å². The second-order valence-electron chi connectivity index (χ2n) is 10.2. The minimum atomic E-state index is 1.02. The first kappa shape index (κ1) is 18.0. The lowest BCUT2D eigenvalue weighted by atomic mass is 9.95. The Morgan fingerprint density at radius 2 is 0.971 bits per heavy atom. The molecular weight excluding hydrogens is 422 g/mol. The molecule has 7 aromatic rings. The van der Waals surface area contributed by atoms with Gasteiger partial charge in [-0.15, -0.1) is 0 Å². The number of para-hydroxylation sites is 1. The molecule has 2 aliphatic rings. The lowest BCUT2D eigenvalue weighted by molar-refractivity contribution is 1.26. The lowest BCUT2D eigenvalue weighted by Gasteiger charge is -2.14. The third-order valence-corrected chi connectivity index (χ3v) is 8.36. The summed E-state index contributed by atoms with van der Waals surface area (Å²) in [5.41, 5.74) is 15.2. The monoisotopic (exact) mass is 443 g/mol. The van der Waals surface area contributed by atoms with E-state index in [1.165, 1.54) is 82.6 Å². The van der Waals surface area contributed by atoms with E-state index in [-0.39, 0.29) is 0 Å². The summed E-state index contributed by atoms with van der Waals surface area (Å²) >= 11 is 0. The average molecular weight is 444 g/mol. The van der Waals surface area contributed by atoms with Gasteiger partial charge in [0.2, 0.25) is 0 Å². The molecule has 2 heterocycles. The highest BCUT2D eigenvalue weighted by Crippen LogP contribution is 2.45. The van der Waals surface area contributed by atoms with Crippen LogP contribution in [-0.4, -0.2) is 4.40 Å². The minimum absolute atomic E-state index is 1.02. The Hall–Kier alpha value is -4.36. The molecule has 5 aromatic carbocycles. The van der Waals surface area contributed by atoms with Gasteiger partial charge in [0, 0.05) is 16.2 Å². The maximum atomic E-state index is 2.50. The summed E-state index contributed by atoms with van der Waals surface area (Å²) in [5, 5.41) is 5.37. The first-order valence-corrected chi connectivity index (χ1v) is 12.5. The zero-order valence-corrected chi connectivity index (χ0v) is 19.2. The van der Waals surface area contributed by atoms with Gasteiger partial charge in [0.1, 0.15) is 0 Å². The third kappa shape index (κ3) is 2.24. The molecule has 1 heteroatoms. The van der Waals surface area contributed by atoms with Gasteiger partial charge in [-0.2, -0.15) is 0 Å². The molecule has 0 amide bonds. The van der Waals surface area contributed by atoms with Gasteiger partial charge >= 0.3 is 0 Å². The Kier molecular flexibility index (Phi) is 3.19. The number of hydrogen-bond acceptors (Lipinski definition) is 0. The van der Waals surface area contributed by atoms with Crippen LogP contribution in [-0.2, 0) is 12.8 Å². The van der Waals surface area contributed by atoms with Crippen molar-refractivity contribution in [2.24, 2.45) is 0 Å². The molecule has 0 radical (unpaired) electrons. The van der Waals surface area contributed by atoms with Crippen molar-refractivity contribution in [3.05, 3.63) is 125 Å². The van der Waals surface area contributed by atoms with E-state index in [1.807, 2.05) is 0 Å². The summed E-state index contributed by atoms with van der Waals surface area (Å²) in [6, 6.07) is 38.9. The molecule has 9 rings (SSSR count). The molecule has 162 valence electrons. The fourth-order valence-corrected chi connectivity index (χ4v) is 6.80. The van der Waals surface area contributed by atoms with Crippen molar-refractivity contribution in [1.29, 1.82) is 0 Å². The van der Waals surface area contributed by atoms with Crippen LogP contribution in [0.2, 0.25) is 0 Å². The largest absolute Gasteiger partial charge is 0.309 e.